The third-order valence-corrected chi connectivity index (χ3v) is 4.52. The van der Waals surface area contributed by atoms with Crippen molar-refractivity contribution in [1.29, 1.82) is 0 Å². The van der Waals surface area contributed by atoms with Gasteiger partial charge in [0.05, 0.1) is 4.90 Å². The Bertz CT molecular complexity index is 599. The molecule has 1 rings (SSSR count). The molecule has 118 valence electrons. The summed E-state index contributed by atoms with van der Waals surface area (Å²) in [6.45, 7) is 6.52. The molecule has 0 saturated heterocycles. The van der Waals surface area contributed by atoms with Gasteiger partial charge in [-0.15, -0.1) is 0 Å². The van der Waals surface area contributed by atoms with Gasteiger partial charge in [0, 0.05) is 18.2 Å². The lowest BCUT2D eigenvalue weighted by atomic mass is 10.2. The van der Waals surface area contributed by atoms with Gasteiger partial charge >= 0.3 is 0 Å². The first kappa shape index (κ1) is 17.6. The monoisotopic (exact) mass is 313 g/mol. The standard InChI is InChI=1S/C14H23N3O3S/c1-5-16-11(3)8-14(18)17-13-9-12(7-6-10(13)2)21(19,20)15-4/h6-7,9,11,15-16H,5,8H2,1-4H3,(H,17,18). The lowest BCUT2D eigenvalue weighted by Gasteiger charge is -2.14. The quantitative estimate of drug-likeness (QED) is 0.706. The fourth-order valence-electron chi connectivity index (χ4n) is 1.92. The SMILES string of the molecule is CCNC(C)CC(=O)Nc1cc(S(=O)(=O)NC)ccc1C. The van der Waals surface area contributed by atoms with E-state index < -0.39 is 10.0 Å². The molecule has 6 nitrogen and oxygen atoms in total. The third-order valence-electron chi connectivity index (χ3n) is 3.11. The second kappa shape index (κ2) is 7.53. The van der Waals surface area contributed by atoms with Crippen LogP contribution < -0.4 is 15.4 Å². The molecule has 1 unspecified atom stereocenters. The number of carbonyl (C=O) groups excluding carboxylic acids is 1. The summed E-state index contributed by atoms with van der Waals surface area (Å²) in [6.07, 6.45) is 0.330. The summed E-state index contributed by atoms with van der Waals surface area (Å²) in [5, 5.41) is 5.92. The maximum Gasteiger partial charge on any atom is 0.240 e. The van der Waals surface area contributed by atoms with Crippen molar-refractivity contribution >= 4 is 21.6 Å². The van der Waals surface area contributed by atoms with E-state index in [-0.39, 0.29) is 16.8 Å². The van der Waals surface area contributed by atoms with Gasteiger partial charge in [0.15, 0.2) is 0 Å². The van der Waals surface area contributed by atoms with E-state index in [1.54, 1.807) is 6.07 Å². The number of anilines is 1. The number of hydrogen-bond donors (Lipinski definition) is 3. The highest BCUT2D eigenvalue weighted by Crippen LogP contribution is 2.20. The number of benzene rings is 1. The number of aryl methyl sites for hydroxylation is 1. The van der Waals surface area contributed by atoms with E-state index in [0.29, 0.717) is 12.1 Å². The van der Waals surface area contributed by atoms with Gasteiger partial charge < -0.3 is 10.6 Å². The minimum absolute atomic E-state index is 0.0690. The summed E-state index contributed by atoms with van der Waals surface area (Å²) in [5.41, 5.74) is 1.33. The highest BCUT2D eigenvalue weighted by Gasteiger charge is 2.15. The molecule has 1 aromatic carbocycles. The molecule has 1 aromatic rings. The molecule has 3 N–H and O–H groups in total. The van der Waals surface area contributed by atoms with Crippen LogP contribution in [0.25, 0.3) is 0 Å². The highest BCUT2D eigenvalue weighted by atomic mass is 32.2. The number of amides is 1. The Balaban J connectivity index is 2.88. The van der Waals surface area contributed by atoms with Crippen LogP contribution in [0.5, 0.6) is 0 Å². The van der Waals surface area contributed by atoms with E-state index in [0.717, 1.165) is 12.1 Å². The average Bonchev–Trinajstić information content (AvgIpc) is 2.41. The van der Waals surface area contributed by atoms with E-state index >= 15 is 0 Å². The maximum absolute atomic E-state index is 12.0. The lowest BCUT2D eigenvalue weighted by molar-refractivity contribution is -0.116. The van der Waals surface area contributed by atoms with Crippen molar-refractivity contribution < 1.29 is 13.2 Å². The van der Waals surface area contributed by atoms with Crippen LogP contribution >= 0.6 is 0 Å². The molecule has 0 saturated carbocycles. The molecule has 0 aromatic heterocycles. The first-order chi connectivity index (χ1) is 9.80. The number of nitrogens with one attached hydrogen (secondary N) is 3. The second-order valence-corrected chi connectivity index (χ2v) is 6.78. The van der Waals surface area contributed by atoms with Crippen molar-refractivity contribution in [3.05, 3.63) is 23.8 Å². The van der Waals surface area contributed by atoms with E-state index in [2.05, 4.69) is 15.4 Å². The van der Waals surface area contributed by atoms with Crippen molar-refractivity contribution in [2.24, 2.45) is 0 Å². The Morgan fingerprint density at radius 1 is 1.33 bits per heavy atom. The zero-order valence-electron chi connectivity index (χ0n) is 12.9. The Morgan fingerprint density at radius 3 is 2.57 bits per heavy atom. The van der Waals surface area contributed by atoms with Crippen molar-refractivity contribution in [2.45, 2.75) is 38.1 Å². The molecule has 0 aliphatic carbocycles. The molecule has 0 fully saturated rings. The zero-order chi connectivity index (χ0) is 16.0. The van der Waals surface area contributed by atoms with Gasteiger partial charge in [-0.25, -0.2) is 13.1 Å². The van der Waals surface area contributed by atoms with Gasteiger partial charge in [-0.2, -0.15) is 0 Å². The lowest BCUT2D eigenvalue weighted by Crippen LogP contribution is -2.30. The molecule has 0 heterocycles. The summed E-state index contributed by atoms with van der Waals surface area (Å²) in [4.78, 5) is 12.1. The van der Waals surface area contributed by atoms with Gasteiger partial charge in [0.25, 0.3) is 0 Å². The molecule has 1 atom stereocenters. The van der Waals surface area contributed by atoms with Gasteiger partial charge in [0.1, 0.15) is 0 Å². The number of rotatable bonds is 7. The smallest absolute Gasteiger partial charge is 0.240 e. The molecular formula is C14H23N3O3S. The fraction of sp³-hybridized carbons (Fsp3) is 0.500. The molecule has 0 radical (unpaired) electrons. The molecule has 0 spiro atoms. The maximum atomic E-state index is 12.0. The average molecular weight is 313 g/mol. The van der Waals surface area contributed by atoms with E-state index in [1.807, 2.05) is 20.8 Å². The minimum atomic E-state index is -3.52. The largest absolute Gasteiger partial charge is 0.326 e. The van der Waals surface area contributed by atoms with Gasteiger partial charge in [-0.05, 0) is 45.1 Å². The highest BCUT2D eigenvalue weighted by molar-refractivity contribution is 7.89. The molecule has 7 heteroatoms. The second-order valence-electron chi connectivity index (χ2n) is 4.90. The number of carbonyl (C=O) groups is 1. The van der Waals surface area contributed by atoms with Gasteiger partial charge in [-0.1, -0.05) is 13.0 Å². The van der Waals surface area contributed by atoms with Crippen LogP contribution in [0.2, 0.25) is 0 Å². The molecule has 0 bridgehead atoms. The van der Waals surface area contributed by atoms with Crippen LogP contribution in [-0.2, 0) is 14.8 Å². The Morgan fingerprint density at radius 2 is 2.00 bits per heavy atom. The van der Waals surface area contributed by atoms with Crippen molar-refractivity contribution in [3.63, 3.8) is 0 Å². The summed E-state index contributed by atoms with van der Waals surface area (Å²) >= 11 is 0. The molecule has 0 aliphatic heterocycles. The van der Waals surface area contributed by atoms with Crippen molar-refractivity contribution in [3.8, 4) is 0 Å². The summed E-state index contributed by atoms with van der Waals surface area (Å²) in [7, 11) is -2.17. The van der Waals surface area contributed by atoms with Gasteiger partial charge in [0.2, 0.25) is 15.9 Å². The zero-order valence-corrected chi connectivity index (χ0v) is 13.7. The van der Waals surface area contributed by atoms with Crippen LogP contribution in [0.3, 0.4) is 0 Å². The van der Waals surface area contributed by atoms with Crippen LogP contribution in [0, 0.1) is 6.92 Å². The van der Waals surface area contributed by atoms with E-state index in [1.165, 1.54) is 19.2 Å². The predicted octanol–water partition coefficient (Wildman–Crippen LogP) is 1.23. The van der Waals surface area contributed by atoms with Crippen molar-refractivity contribution in [1.82, 2.24) is 10.0 Å². The number of sulfonamides is 1. The Kier molecular flexibility index (Phi) is 6.32. The Hall–Kier alpha value is -1.44. The molecule has 21 heavy (non-hydrogen) atoms. The van der Waals surface area contributed by atoms with Crippen LogP contribution in [0.1, 0.15) is 25.8 Å². The van der Waals surface area contributed by atoms with Crippen LogP contribution in [0.15, 0.2) is 23.1 Å². The van der Waals surface area contributed by atoms with E-state index in [9.17, 15) is 13.2 Å². The number of hydrogen-bond acceptors (Lipinski definition) is 4. The fourth-order valence-corrected chi connectivity index (χ4v) is 2.68. The predicted molar refractivity (Wildman–Crippen MR) is 83.8 cm³/mol. The van der Waals surface area contributed by atoms with E-state index in [4.69, 9.17) is 0 Å². The molecular weight excluding hydrogens is 290 g/mol. The molecule has 1 amide bonds. The van der Waals surface area contributed by atoms with Crippen LogP contribution in [0.4, 0.5) is 5.69 Å². The summed E-state index contributed by atoms with van der Waals surface area (Å²) in [6, 6.07) is 4.72. The first-order valence-corrected chi connectivity index (χ1v) is 8.36. The van der Waals surface area contributed by atoms with Crippen molar-refractivity contribution in [2.75, 3.05) is 18.9 Å². The van der Waals surface area contributed by atoms with Crippen LogP contribution in [-0.4, -0.2) is 34.0 Å². The van der Waals surface area contributed by atoms with Gasteiger partial charge in [-0.3, -0.25) is 4.79 Å². The molecule has 0 aliphatic rings. The summed E-state index contributed by atoms with van der Waals surface area (Å²) in [5.74, 6) is -0.148. The Labute approximate surface area is 126 Å². The summed E-state index contributed by atoms with van der Waals surface area (Å²) < 4.78 is 25.8. The topological polar surface area (TPSA) is 87.3 Å². The first-order valence-electron chi connectivity index (χ1n) is 6.87. The third kappa shape index (κ3) is 5.11. The minimum Gasteiger partial charge on any atom is -0.326 e. The normalized spacial score (nSPS) is 13.0.